The zero-order valence-corrected chi connectivity index (χ0v) is 15.1. The van der Waals surface area contributed by atoms with Gasteiger partial charge in [0.2, 0.25) is 5.91 Å². The highest BCUT2D eigenvalue weighted by atomic mass is 35.5. The van der Waals surface area contributed by atoms with Gasteiger partial charge in [0.25, 0.3) is 0 Å². The van der Waals surface area contributed by atoms with E-state index in [2.05, 4.69) is 15.5 Å². The molecular formula is C17H25ClN4O2. The van der Waals surface area contributed by atoms with E-state index in [4.69, 9.17) is 11.6 Å². The molecular weight excluding hydrogens is 328 g/mol. The lowest BCUT2D eigenvalue weighted by Crippen LogP contribution is -2.55. The van der Waals surface area contributed by atoms with Crippen molar-refractivity contribution in [2.75, 3.05) is 31.1 Å². The SMILES string of the molecule is CC(C)NC(=O)[C@H](C)NC(=O)N1CCN(c2ccc(Cl)cc2)CC1. The summed E-state index contributed by atoms with van der Waals surface area (Å²) in [6, 6.07) is 7.01. The van der Waals surface area contributed by atoms with Crippen LogP contribution in [0, 0.1) is 0 Å². The number of hydrogen-bond donors (Lipinski definition) is 2. The maximum atomic E-state index is 12.3. The molecule has 1 heterocycles. The van der Waals surface area contributed by atoms with Gasteiger partial charge in [-0.2, -0.15) is 0 Å². The Morgan fingerprint density at radius 2 is 1.58 bits per heavy atom. The van der Waals surface area contributed by atoms with Gasteiger partial charge in [-0.25, -0.2) is 4.79 Å². The maximum Gasteiger partial charge on any atom is 0.318 e. The van der Waals surface area contributed by atoms with Crippen molar-refractivity contribution in [2.24, 2.45) is 0 Å². The van der Waals surface area contributed by atoms with Gasteiger partial charge < -0.3 is 20.4 Å². The Morgan fingerprint density at radius 1 is 1.00 bits per heavy atom. The Labute approximate surface area is 148 Å². The van der Waals surface area contributed by atoms with E-state index in [0.717, 1.165) is 18.8 Å². The molecule has 1 atom stereocenters. The summed E-state index contributed by atoms with van der Waals surface area (Å²) in [7, 11) is 0. The fourth-order valence-electron chi connectivity index (χ4n) is 2.57. The molecule has 1 fully saturated rings. The lowest BCUT2D eigenvalue weighted by molar-refractivity contribution is -0.123. The Morgan fingerprint density at radius 3 is 2.12 bits per heavy atom. The molecule has 6 nitrogen and oxygen atoms in total. The van der Waals surface area contributed by atoms with E-state index in [-0.39, 0.29) is 18.0 Å². The summed E-state index contributed by atoms with van der Waals surface area (Å²) in [4.78, 5) is 28.1. The van der Waals surface area contributed by atoms with E-state index in [1.807, 2.05) is 38.1 Å². The fourth-order valence-corrected chi connectivity index (χ4v) is 2.70. The number of benzene rings is 1. The van der Waals surface area contributed by atoms with Gasteiger partial charge in [0.05, 0.1) is 0 Å². The van der Waals surface area contributed by atoms with Gasteiger partial charge >= 0.3 is 6.03 Å². The van der Waals surface area contributed by atoms with E-state index < -0.39 is 6.04 Å². The predicted molar refractivity (Wildman–Crippen MR) is 96.5 cm³/mol. The highest BCUT2D eigenvalue weighted by molar-refractivity contribution is 6.30. The molecule has 0 unspecified atom stereocenters. The molecule has 24 heavy (non-hydrogen) atoms. The quantitative estimate of drug-likeness (QED) is 0.872. The molecule has 0 saturated carbocycles. The lowest BCUT2D eigenvalue weighted by Gasteiger charge is -2.36. The zero-order chi connectivity index (χ0) is 17.7. The molecule has 3 amide bonds. The first-order chi connectivity index (χ1) is 11.4. The summed E-state index contributed by atoms with van der Waals surface area (Å²) in [5, 5.41) is 6.26. The fraction of sp³-hybridized carbons (Fsp3) is 0.529. The average Bonchev–Trinajstić information content (AvgIpc) is 2.55. The molecule has 0 aromatic heterocycles. The third-order valence-corrected chi connectivity index (χ3v) is 4.17. The summed E-state index contributed by atoms with van der Waals surface area (Å²) in [6.45, 7) is 8.22. The van der Waals surface area contributed by atoms with Crippen molar-refractivity contribution in [3.8, 4) is 0 Å². The second kappa shape index (κ2) is 8.24. The third-order valence-electron chi connectivity index (χ3n) is 3.92. The van der Waals surface area contributed by atoms with E-state index in [9.17, 15) is 9.59 Å². The summed E-state index contributed by atoms with van der Waals surface area (Å²) in [5.41, 5.74) is 1.10. The molecule has 1 saturated heterocycles. The number of carbonyl (C=O) groups excluding carboxylic acids is 2. The summed E-state index contributed by atoms with van der Waals surface area (Å²) in [5.74, 6) is -0.168. The van der Waals surface area contributed by atoms with Gasteiger partial charge in [-0.15, -0.1) is 0 Å². The number of rotatable bonds is 4. The van der Waals surface area contributed by atoms with Crippen molar-refractivity contribution in [2.45, 2.75) is 32.9 Å². The van der Waals surface area contributed by atoms with Crippen LogP contribution in [0.4, 0.5) is 10.5 Å². The number of nitrogens with one attached hydrogen (secondary N) is 2. The van der Waals surface area contributed by atoms with Gasteiger partial charge in [0.15, 0.2) is 0 Å². The normalized spacial score (nSPS) is 16.0. The van der Waals surface area contributed by atoms with Crippen LogP contribution in [-0.4, -0.2) is 55.1 Å². The van der Waals surface area contributed by atoms with E-state index in [1.54, 1.807) is 11.8 Å². The highest BCUT2D eigenvalue weighted by Crippen LogP contribution is 2.19. The van der Waals surface area contributed by atoms with Crippen LogP contribution in [0.25, 0.3) is 0 Å². The van der Waals surface area contributed by atoms with E-state index >= 15 is 0 Å². The Balaban J connectivity index is 1.82. The second-order valence-corrected chi connectivity index (χ2v) is 6.72. The number of nitrogens with zero attached hydrogens (tertiary/aromatic N) is 2. The van der Waals surface area contributed by atoms with Crippen LogP contribution in [0.5, 0.6) is 0 Å². The van der Waals surface area contributed by atoms with Gasteiger partial charge in [-0.05, 0) is 45.0 Å². The molecule has 0 spiro atoms. The number of carbonyl (C=O) groups is 2. The summed E-state index contributed by atoms with van der Waals surface area (Å²) < 4.78 is 0. The van der Waals surface area contributed by atoms with Crippen molar-refractivity contribution < 1.29 is 9.59 Å². The average molecular weight is 353 g/mol. The minimum absolute atomic E-state index is 0.0553. The van der Waals surface area contributed by atoms with Crippen molar-refractivity contribution >= 4 is 29.2 Å². The molecule has 1 aliphatic heterocycles. The molecule has 1 aliphatic rings. The number of halogens is 1. The Kier molecular flexibility index (Phi) is 6.31. The van der Waals surface area contributed by atoms with Gasteiger partial charge in [0, 0.05) is 42.9 Å². The maximum absolute atomic E-state index is 12.3. The summed E-state index contributed by atoms with van der Waals surface area (Å²) in [6.07, 6.45) is 0. The van der Waals surface area contributed by atoms with Crippen molar-refractivity contribution in [3.05, 3.63) is 29.3 Å². The Hall–Kier alpha value is -1.95. The van der Waals surface area contributed by atoms with Gasteiger partial charge in [-0.3, -0.25) is 4.79 Å². The largest absolute Gasteiger partial charge is 0.368 e. The number of piperazine rings is 1. The third kappa shape index (κ3) is 5.03. The lowest BCUT2D eigenvalue weighted by atomic mass is 10.2. The molecule has 0 radical (unpaired) electrons. The molecule has 2 rings (SSSR count). The van der Waals surface area contributed by atoms with Crippen LogP contribution in [0.1, 0.15) is 20.8 Å². The predicted octanol–water partition coefficient (Wildman–Crippen LogP) is 2.08. The summed E-state index contributed by atoms with van der Waals surface area (Å²) >= 11 is 5.91. The minimum Gasteiger partial charge on any atom is -0.368 e. The number of anilines is 1. The van der Waals surface area contributed by atoms with Crippen LogP contribution in [-0.2, 0) is 4.79 Å². The van der Waals surface area contributed by atoms with Crippen LogP contribution < -0.4 is 15.5 Å². The topological polar surface area (TPSA) is 64.7 Å². The number of urea groups is 1. The minimum atomic E-state index is -0.547. The van der Waals surface area contributed by atoms with Gasteiger partial charge in [-0.1, -0.05) is 11.6 Å². The van der Waals surface area contributed by atoms with E-state index in [1.165, 1.54) is 0 Å². The number of hydrogen-bond acceptors (Lipinski definition) is 3. The van der Waals surface area contributed by atoms with Crippen LogP contribution in [0.2, 0.25) is 5.02 Å². The Bertz CT molecular complexity index is 568. The molecule has 0 aliphatic carbocycles. The van der Waals surface area contributed by atoms with Crippen LogP contribution in [0.3, 0.4) is 0 Å². The monoisotopic (exact) mass is 352 g/mol. The molecule has 2 N–H and O–H groups in total. The molecule has 7 heteroatoms. The molecule has 0 bridgehead atoms. The van der Waals surface area contributed by atoms with Crippen LogP contribution in [0.15, 0.2) is 24.3 Å². The van der Waals surface area contributed by atoms with E-state index in [0.29, 0.717) is 18.1 Å². The first-order valence-corrected chi connectivity index (χ1v) is 8.61. The smallest absolute Gasteiger partial charge is 0.318 e. The standard InChI is InChI=1S/C17H25ClN4O2/c1-12(2)19-16(23)13(3)20-17(24)22-10-8-21(9-11-22)15-6-4-14(18)5-7-15/h4-7,12-13H,8-11H2,1-3H3,(H,19,23)(H,20,24)/t13-/m0/s1. The first kappa shape index (κ1) is 18.4. The highest BCUT2D eigenvalue weighted by Gasteiger charge is 2.24. The first-order valence-electron chi connectivity index (χ1n) is 8.23. The number of amides is 3. The second-order valence-electron chi connectivity index (χ2n) is 6.28. The van der Waals surface area contributed by atoms with Crippen molar-refractivity contribution in [1.82, 2.24) is 15.5 Å². The zero-order valence-electron chi connectivity index (χ0n) is 14.4. The molecule has 1 aromatic carbocycles. The van der Waals surface area contributed by atoms with Crippen LogP contribution >= 0.6 is 11.6 Å². The molecule has 132 valence electrons. The van der Waals surface area contributed by atoms with Crippen molar-refractivity contribution in [1.29, 1.82) is 0 Å². The van der Waals surface area contributed by atoms with Crippen molar-refractivity contribution in [3.63, 3.8) is 0 Å². The molecule has 1 aromatic rings. The van der Waals surface area contributed by atoms with Gasteiger partial charge in [0.1, 0.15) is 6.04 Å².